The number of likely N-dealkylation sites (N-methyl/N-ethyl adjacent to an activating group) is 1. The predicted molar refractivity (Wildman–Crippen MR) is 99.2 cm³/mol. The maximum absolute atomic E-state index is 13.3. The van der Waals surface area contributed by atoms with Crippen molar-refractivity contribution in [1.29, 1.82) is 0 Å². The first kappa shape index (κ1) is 19.0. The molecule has 0 aliphatic carbocycles. The minimum absolute atomic E-state index is 0.131. The summed E-state index contributed by atoms with van der Waals surface area (Å²) in [6.45, 7) is 0.950. The summed E-state index contributed by atoms with van der Waals surface area (Å²) in [5, 5.41) is 0. The number of methoxy groups -OCH3 is 1. The summed E-state index contributed by atoms with van der Waals surface area (Å²) >= 11 is 0. The number of fused-ring (bicyclic) bond motifs is 1. The number of carbonyl (C=O) groups is 2. The number of benzene rings is 2. The summed E-state index contributed by atoms with van der Waals surface area (Å²) in [5.74, 6) is -0.866. The van der Waals surface area contributed by atoms with Crippen LogP contribution in [0.4, 0.5) is 4.39 Å². The first-order valence-corrected chi connectivity index (χ1v) is 8.85. The van der Waals surface area contributed by atoms with E-state index < -0.39 is 12.0 Å². The van der Waals surface area contributed by atoms with Gasteiger partial charge in [0.15, 0.2) is 0 Å². The lowest BCUT2D eigenvalue weighted by Gasteiger charge is -2.36. The zero-order valence-electron chi connectivity index (χ0n) is 15.5. The molecule has 0 N–H and O–H groups in total. The van der Waals surface area contributed by atoms with Crippen LogP contribution in [0.15, 0.2) is 48.5 Å². The van der Waals surface area contributed by atoms with Gasteiger partial charge in [0.05, 0.1) is 13.7 Å². The van der Waals surface area contributed by atoms with Crippen molar-refractivity contribution in [3.05, 3.63) is 71.0 Å². The monoisotopic (exact) mass is 370 g/mol. The molecule has 2 aromatic carbocycles. The fourth-order valence-electron chi connectivity index (χ4n) is 3.46. The number of ether oxygens (including phenoxy) is 1. The quantitative estimate of drug-likeness (QED) is 0.759. The number of hydrogen-bond acceptors (Lipinski definition) is 4. The standard InChI is InChI=1S/C21H23FN2O3/c1-23(12-15-6-5-9-18(22)10-15)14-20(25)24-13-17-8-4-3-7-16(17)11-19(24)21(26)27-2/h3-10,19H,11-14H2,1-2H3. The molecule has 1 unspecified atom stereocenters. The first-order valence-electron chi connectivity index (χ1n) is 8.85. The predicted octanol–water partition coefficient (Wildman–Crippen LogP) is 2.38. The van der Waals surface area contributed by atoms with Gasteiger partial charge < -0.3 is 9.64 Å². The Morgan fingerprint density at radius 3 is 2.63 bits per heavy atom. The van der Waals surface area contributed by atoms with Crippen LogP contribution < -0.4 is 0 Å². The summed E-state index contributed by atoms with van der Waals surface area (Å²) < 4.78 is 18.3. The largest absolute Gasteiger partial charge is 0.467 e. The molecule has 3 rings (SSSR count). The van der Waals surface area contributed by atoms with Crippen molar-refractivity contribution in [2.45, 2.75) is 25.6 Å². The molecule has 0 saturated heterocycles. The highest BCUT2D eigenvalue weighted by Crippen LogP contribution is 2.24. The molecule has 0 fully saturated rings. The molecule has 27 heavy (non-hydrogen) atoms. The fraction of sp³-hybridized carbons (Fsp3) is 0.333. The van der Waals surface area contributed by atoms with E-state index in [0.717, 1.165) is 16.7 Å². The third-order valence-corrected chi connectivity index (χ3v) is 4.79. The van der Waals surface area contributed by atoms with Crippen molar-refractivity contribution in [3.8, 4) is 0 Å². The van der Waals surface area contributed by atoms with Crippen molar-refractivity contribution in [2.24, 2.45) is 0 Å². The van der Waals surface area contributed by atoms with Crippen molar-refractivity contribution >= 4 is 11.9 Å². The van der Waals surface area contributed by atoms with Gasteiger partial charge >= 0.3 is 5.97 Å². The maximum Gasteiger partial charge on any atom is 0.328 e. The van der Waals surface area contributed by atoms with Gasteiger partial charge in [-0.15, -0.1) is 0 Å². The Balaban J connectivity index is 1.72. The molecule has 1 heterocycles. The normalized spacial score (nSPS) is 16.1. The number of halogens is 1. The highest BCUT2D eigenvalue weighted by Gasteiger charge is 2.35. The van der Waals surface area contributed by atoms with Crippen molar-refractivity contribution in [3.63, 3.8) is 0 Å². The first-order chi connectivity index (χ1) is 13.0. The molecule has 1 amide bonds. The minimum Gasteiger partial charge on any atom is -0.467 e. The van der Waals surface area contributed by atoms with Crippen LogP contribution in [-0.4, -0.2) is 48.4 Å². The van der Waals surface area contributed by atoms with Crippen molar-refractivity contribution in [1.82, 2.24) is 9.80 Å². The lowest BCUT2D eigenvalue weighted by molar-refractivity contribution is -0.154. The van der Waals surface area contributed by atoms with Crippen LogP contribution in [0, 0.1) is 5.82 Å². The minimum atomic E-state index is -0.625. The van der Waals surface area contributed by atoms with Gasteiger partial charge in [0, 0.05) is 19.5 Å². The summed E-state index contributed by atoms with van der Waals surface area (Å²) in [7, 11) is 3.13. The van der Waals surface area contributed by atoms with E-state index in [-0.39, 0.29) is 18.3 Å². The Kier molecular flexibility index (Phi) is 5.86. The highest BCUT2D eigenvalue weighted by molar-refractivity contribution is 5.86. The van der Waals surface area contributed by atoms with Gasteiger partial charge in [-0.1, -0.05) is 36.4 Å². The number of carbonyl (C=O) groups excluding carboxylic acids is 2. The van der Waals surface area contributed by atoms with Crippen LogP contribution in [0.5, 0.6) is 0 Å². The molecule has 0 aromatic heterocycles. The number of hydrogen-bond donors (Lipinski definition) is 0. The Bertz CT molecular complexity index is 840. The van der Waals surface area contributed by atoms with Crippen LogP contribution >= 0.6 is 0 Å². The van der Waals surface area contributed by atoms with E-state index in [1.54, 1.807) is 18.0 Å². The van der Waals surface area contributed by atoms with E-state index in [4.69, 9.17) is 4.74 Å². The summed E-state index contributed by atoms with van der Waals surface area (Å²) in [4.78, 5) is 28.5. The maximum atomic E-state index is 13.3. The van der Waals surface area contributed by atoms with Crippen LogP contribution in [0.1, 0.15) is 16.7 Å². The van der Waals surface area contributed by atoms with Gasteiger partial charge in [0.2, 0.25) is 5.91 Å². The van der Waals surface area contributed by atoms with Crippen LogP contribution in [0.2, 0.25) is 0 Å². The molecule has 0 radical (unpaired) electrons. The second-order valence-electron chi connectivity index (χ2n) is 6.84. The fourth-order valence-corrected chi connectivity index (χ4v) is 3.46. The van der Waals surface area contributed by atoms with E-state index in [2.05, 4.69) is 0 Å². The molecule has 2 aromatic rings. The smallest absolute Gasteiger partial charge is 0.328 e. The van der Waals surface area contributed by atoms with E-state index in [0.29, 0.717) is 19.5 Å². The Hall–Kier alpha value is -2.73. The number of rotatable bonds is 5. The Morgan fingerprint density at radius 2 is 1.93 bits per heavy atom. The number of esters is 1. The molecule has 0 spiro atoms. The van der Waals surface area contributed by atoms with Crippen LogP contribution in [0.25, 0.3) is 0 Å². The molecule has 0 saturated carbocycles. The topological polar surface area (TPSA) is 49.9 Å². The molecular formula is C21H23FN2O3. The van der Waals surface area contributed by atoms with Gasteiger partial charge in [0.25, 0.3) is 0 Å². The molecule has 0 bridgehead atoms. The third-order valence-electron chi connectivity index (χ3n) is 4.79. The van der Waals surface area contributed by atoms with E-state index in [1.165, 1.54) is 19.2 Å². The lowest BCUT2D eigenvalue weighted by atomic mass is 9.94. The number of amides is 1. The molecule has 1 aliphatic heterocycles. The molecule has 142 valence electrons. The third kappa shape index (κ3) is 4.52. The van der Waals surface area contributed by atoms with Crippen LogP contribution in [0.3, 0.4) is 0 Å². The average Bonchev–Trinajstić information content (AvgIpc) is 2.66. The van der Waals surface area contributed by atoms with E-state index in [9.17, 15) is 14.0 Å². The second kappa shape index (κ2) is 8.31. The zero-order valence-corrected chi connectivity index (χ0v) is 15.5. The lowest BCUT2D eigenvalue weighted by Crippen LogP contribution is -2.51. The molecule has 6 heteroatoms. The van der Waals surface area contributed by atoms with Gasteiger partial charge in [-0.25, -0.2) is 9.18 Å². The van der Waals surface area contributed by atoms with E-state index in [1.807, 2.05) is 35.2 Å². The zero-order chi connectivity index (χ0) is 19.4. The van der Waals surface area contributed by atoms with Crippen LogP contribution in [-0.2, 0) is 33.8 Å². The molecule has 5 nitrogen and oxygen atoms in total. The summed E-state index contributed by atoms with van der Waals surface area (Å²) in [5.41, 5.74) is 2.89. The van der Waals surface area contributed by atoms with E-state index >= 15 is 0 Å². The van der Waals surface area contributed by atoms with Gasteiger partial charge in [-0.3, -0.25) is 9.69 Å². The summed E-state index contributed by atoms with van der Waals surface area (Å²) in [6, 6.07) is 13.5. The van der Waals surface area contributed by atoms with Gasteiger partial charge in [-0.05, 0) is 35.9 Å². The Morgan fingerprint density at radius 1 is 1.19 bits per heavy atom. The van der Waals surface area contributed by atoms with Gasteiger partial charge in [0.1, 0.15) is 11.9 Å². The number of nitrogens with zero attached hydrogens (tertiary/aromatic N) is 2. The van der Waals surface area contributed by atoms with Crippen molar-refractivity contribution < 1.29 is 18.7 Å². The average molecular weight is 370 g/mol. The molecular weight excluding hydrogens is 347 g/mol. The molecule has 1 aliphatic rings. The second-order valence-corrected chi connectivity index (χ2v) is 6.84. The summed E-state index contributed by atoms with van der Waals surface area (Å²) in [6.07, 6.45) is 0.447. The van der Waals surface area contributed by atoms with Gasteiger partial charge in [-0.2, -0.15) is 0 Å². The highest BCUT2D eigenvalue weighted by atomic mass is 19.1. The Labute approximate surface area is 158 Å². The van der Waals surface area contributed by atoms with Crippen molar-refractivity contribution in [2.75, 3.05) is 20.7 Å². The molecule has 1 atom stereocenters. The SMILES string of the molecule is COC(=O)C1Cc2ccccc2CN1C(=O)CN(C)Cc1cccc(F)c1.